The number of nitrogens with zero attached hydrogens (tertiary/aromatic N) is 4. The molecule has 96 valence electrons. The Labute approximate surface area is 112 Å². The lowest BCUT2D eigenvalue weighted by Gasteiger charge is -2.00. The number of benzene rings is 1. The molecular weight excluding hydrogens is 264 g/mol. The van der Waals surface area contributed by atoms with Crippen LogP contribution < -0.4 is 0 Å². The van der Waals surface area contributed by atoms with Gasteiger partial charge in [0.2, 0.25) is 0 Å². The molecule has 0 atom stereocenters. The third-order valence-corrected chi connectivity index (χ3v) is 3.62. The van der Waals surface area contributed by atoms with Crippen molar-refractivity contribution in [3.05, 3.63) is 40.3 Å². The molecule has 1 aromatic carbocycles. The van der Waals surface area contributed by atoms with Crippen LogP contribution in [-0.2, 0) is 13.0 Å². The zero-order valence-corrected chi connectivity index (χ0v) is 10.7. The number of fused-ring (bicyclic) bond motifs is 1. The maximum absolute atomic E-state index is 10.9. The van der Waals surface area contributed by atoms with E-state index in [4.69, 9.17) is 5.11 Å². The van der Waals surface area contributed by atoms with Crippen LogP contribution >= 0.6 is 11.3 Å². The predicted octanol–water partition coefficient (Wildman–Crippen LogP) is 1.83. The van der Waals surface area contributed by atoms with Crippen LogP contribution in [0.25, 0.3) is 11.0 Å². The molecule has 0 bridgehead atoms. The Morgan fingerprint density at radius 1 is 1.42 bits per heavy atom. The standard InChI is InChI=1S/C12H10N4O2S/c17-12(18)8-1-2-10-9(7-8)14-15-16(10)5-3-11-13-4-6-19-11/h1-2,4,6-7H,3,5H2,(H,17,18). The van der Waals surface area contributed by atoms with Gasteiger partial charge in [0.25, 0.3) is 0 Å². The Bertz CT molecular complexity index is 720. The second-order valence-electron chi connectivity index (χ2n) is 4.00. The summed E-state index contributed by atoms with van der Waals surface area (Å²) in [6, 6.07) is 4.83. The van der Waals surface area contributed by atoms with E-state index >= 15 is 0 Å². The molecule has 0 spiro atoms. The molecule has 0 radical (unpaired) electrons. The minimum Gasteiger partial charge on any atom is -0.478 e. The molecule has 0 saturated heterocycles. The second-order valence-corrected chi connectivity index (χ2v) is 4.98. The molecule has 2 heterocycles. The molecule has 2 aromatic heterocycles. The van der Waals surface area contributed by atoms with E-state index in [1.807, 2.05) is 5.38 Å². The Morgan fingerprint density at radius 2 is 2.32 bits per heavy atom. The van der Waals surface area contributed by atoms with Gasteiger partial charge in [-0.15, -0.1) is 16.4 Å². The number of hydrogen-bond acceptors (Lipinski definition) is 5. The van der Waals surface area contributed by atoms with Crippen LogP contribution in [0.2, 0.25) is 0 Å². The van der Waals surface area contributed by atoms with Gasteiger partial charge in [-0.1, -0.05) is 5.21 Å². The third-order valence-electron chi connectivity index (χ3n) is 2.78. The van der Waals surface area contributed by atoms with E-state index in [1.54, 1.807) is 34.3 Å². The lowest BCUT2D eigenvalue weighted by molar-refractivity contribution is 0.0697. The van der Waals surface area contributed by atoms with Crippen LogP contribution in [0.15, 0.2) is 29.8 Å². The smallest absolute Gasteiger partial charge is 0.335 e. The van der Waals surface area contributed by atoms with Crippen molar-refractivity contribution in [2.45, 2.75) is 13.0 Å². The number of aromatic nitrogens is 4. The van der Waals surface area contributed by atoms with Crippen LogP contribution in [0.5, 0.6) is 0 Å². The molecule has 0 aliphatic carbocycles. The monoisotopic (exact) mass is 274 g/mol. The van der Waals surface area contributed by atoms with Gasteiger partial charge in [-0.05, 0) is 18.2 Å². The van der Waals surface area contributed by atoms with Crippen LogP contribution in [0.1, 0.15) is 15.4 Å². The first-order valence-corrected chi connectivity index (χ1v) is 6.57. The summed E-state index contributed by atoms with van der Waals surface area (Å²) in [5.74, 6) is -0.959. The Morgan fingerprint density at radius 3 is 3.05 bits per heavy atom. The molecule has 3 rings (SSSR count). The average Bonchev–Trinajstić information content (AvgIpc) is 3.05. The van der Waals surface area contributed by atoms with Gasteiger partial charge >= 0.3 is 5.97 Å². The molecule has 7 heteroatoms. The molecule has 0 aliphatic rings. The normalized spacial score (nSPS) is 10.9. The average molecular weight is 274 g/mol. The zero-order chi connectivity index (χ0) is 13.2. The molecular formula is C12H10N4O2S. The van der Waals surface area contributed by atoms with E-state index < -0.39 is 5.97 Å². The first-order chi connectivity index (χ1) is 9.24. The summed E-state index contributed by atoms with van der Waals surface area (Å²) in [5, 5.41) is 19.9. The summed E-state index contributed by atoms with van der Waals surface area (Å²) in [6.07, 6.45) is 2.56. The van der Waals surface area contributed by atoms with E-state index in [9.17, 15) is 4.79 Å². The maximum Gasteiger partial charge on any atom is 0.335 e. The van der Waals surface area contributed by atoms with Crippen LogP contribution in [0, 0.1) is 0 Å². The number of hydrogen-bond donors (Lipinski definition) is 1. The van der Waals surface area contributed by atoms with Gasteiger partial charge in [0, 0.05) is 24.5 Å². The first-order valence-electron chi connectivity index (χ1n) is 5.69. The van der Waals surface area contributed by atoms with Crippen molar-refractivity contribution in [3.8, 4) is 0 Å². The van der Waals surface area contributed by atoms with E-state index in [0.717, 1.165) is 16.9 Å². The lowest BCUT2D eigenvalue weighted by atomic mass is 10.2. The summed E-state index contributed by atoms with van der Waals surface area (Å²) < 4.78 is 1.77. The quantitative estimate of drug-likeness (QED) is 0.785. The van der Waals surface area contributed by atoms with E-state index in [-0.39, 0.29) is 5.56 Å². The van der Waals surface area contributed by atoms with Crippen molar-refractivity contribution in [1.82, 2.24) is 20.0 Å². The summed E-state index contributed by atoms with van der Waals surface area (Å²) in [7, 11) is 0. The molecule has 6 nitrogen and oxygen atoms in total. The molecule has 0 aliphatic heterocycles. The van der Waals surface area contributed by atoms with Crippen LogP contribution in [-0.4, -0.2) is 31.1 Å². The molecule has 3 aromatic rings. The van der Waals surface area contributed by atoms with Crippen molar-refractivity contribution in [3.63, 3.8) is 0 Å². The molecule has 0 saturated carbocycles. The number of carboxylic acid groups (broad SMARTS) is 1. The number of rotatable bonds is 4. The van der Waals surface area contributed by atoms with Gasteiger partial charge in [-0.3, -0.25) is 0 Å². The minimum atomic E-state index is -0.959. The third kappa shape index (κ3) is 2.32. The number of thiazole rings is 1. The molecule has 0 fully saturated rings. The van der Waals surface area contributed by atoms with Gasteiger partial charge in [-0.25, -0.2) is 14.5 Å². The highest BCUT2D eigenvalue weighted by atomic mass is 32.1. The fourth-order valence-corrected chi connectivity index (χ4v) is 2.46. The number of aryl methyl sites for hydroxylation is 2. The zero-order valence-electron chi connectivity index (χ0n) is 9.85. The lowest BCUT2D eigenvalue weighted by Crippen LogP contribution is -2.03. The number of carboxylic acids is 1. The Hall–Kier alpha value is -2.28. The molecule has 0 unspecified atom stereocenters. The number of aromatic carboxylic acids is 1. The SMILES string of the molecule is O=C(O)c1ccc2c(c1)nnn2CCc1nccs1. The van der Waals surface area contributed by atoms with Crippen molar-refractivity contribution >= 4 is 28.3 Å². The summed E-state index contributed by atoms with van der Waals surface area (Å²) in [6.45, 7) is 0.677. The first kappa shape index (κ1) is 11.8. The van der Waals surface area contributed by atoms with Crippen molar-refractivity contribution in [2.24, 2.45) is 0 Å². The van der Waals surface area contributed by atoms with Gasteiger partial charge in [-0.2, -0.15) is 0 Å². The summed E-state index contributed by atoms with van der Waals surface area (Å²) in [4.78, 5) is 15.1. The van der Waals surface area contributed by atoms with E-state index in [2.05, 4.69) is 15.3 Å². The number of carbonyl (C=O) groups is 1. The fraction of sp³-hybridized carbons (Fsp3) is 0.167. The van der Waals surface area contributed by atoms with Crippen LogP contribution in [0.4, 0.5) is 0 Å². The molecule has 1 N–H and O–H groups in total. The minimum absolute atomic E-state index is 0.222. The highest BCUT2D eigenvalue weighted by molar-refractivity contribution is 7.09. The van der Waals surface area contributed by atoms with E-state index in [1.165, 1.54) is 6.07 Å². The van der Waals surface area contributed by atoms with Gasteiger partial charge in [0.1, 0.15) is 5.52 Å². The summed E-state index contributed by atoms with van der Waals surface area (Å²) in [5.41, 5.74) is 1.65. The largest absolute Gasteiger partial charge is 0.478 e. The fourth-order valence-electron chi connectivity index (χ4n) is 1.85. The van der Waals surface area contributed by atoms with Crippen molar-refractivity contribution in [1.29, 1.82) is 0 Å². The Balaban J connectivity index is 1.86. The van der Waals surface area contributed by atoms with Gasteiger partial charge in [0.05, 0.1) is 16.1 Å². The maximum atomic E-state index is 10.9. The highest BCUT2D eigenvalue weighted by Gasteiger charge is 2.09. The highest BCUT2D eigenvalue weighted by Crippen LogP contribution is 2.14. The second kappa shape index (κ2) is 4.77. The summed E-state index contributed by atoms with van der Waals surface area (Å²) >= 11 is 1.61. The molecule has 19 heavy (non-hydrogen) atoms. The van der Waals surface area contributed by atoms with Gasteiger partial charge in [0.15, 0.2) is 0 Å². The van der Waals surface area contributed by atoms with Crippen molar-refractivity contribution < 1.29 is 9.90 Å². The van der Waals surface area contributed by atoms with Crippen molar-refractivity contribution in [2.75, 3.05) is 0 Å². The molecule has 0 amide bonds. The topological polar surface area (TPSA) is 80.9 Å². The van der Waals surface area contributed by atoms with E-state index in [0.29, 0.717) is 12.1 Å². The van der Waals surface area contributed by atoms with Crippen LogP contribution in [0.3, 0.4) is 0 Å². The van der Waals surface area contributed by atoms with Gasteiger partial charge < -0.3 is 5.11 Å². The predicted molar refractivity (Wildman–Crippen MR) is 70.3 cm³/mol. The Kier molecular flexibility index (Phi) is 2.96.